The van der Waals surface area contributed by atoms with Crippen LogP contribution < -0.4 is 9.80 Å². The van der Waals surface area contributed by atoms with Crippen molar-refractivity contribution in [2.24, 2.45) is 47.3 Å². The summed E-state index contributed by atoms with van der Waals surface area (Å²) in [6.07, 6.45) is 10.0. The summed E-state index contributed by atoms with van der Waals surface area (Å²) in [5.41, 5.74) is 0.908. The summed E-state index contributed by atoms with van der Waals surface area (Å²) < 4.78 is 0. The summed E-state index contributed by atoms with van der Waals surface area (Å²) >= 11 is 0. The lowest BCUT2D eigenvalue weighted by Crippen LogP contribution is -2.34. The Balaban J connectivity index is 1.24. The molecule has 4 bridgehead atoms. The maximum atomic E-state index is 13.1. The first-order valence-corrected chi connectivity index (χ1v) is 10.8. The molecule has 6 nitrogen and oxygen atoms in total. The number of rotatable bonds is 2. The molecule has 1 aromatic rings. The van der Waals surface area contributed by atoms with E-state index in [1.54, 1.807) is 24.3 Å². The smallest absolute Gasteiger partial charge is 0.238 e. The van der Waals surface area contributed by atoms with Gasteiger partial charge in [0.25, 0.3) is 0 Å². The molecule has 4 fully saturated rings. The first-order valence-electron chi connectivity index (χ1n) is 10.8. The molecule has 6 aliphatic rings. The normalized spacial score (nSPS) is 42.3. The zero-order valence-electron chi connectivity index (χ0n) is 16.2. The van der Waals surface area contributed by atoms with Crippen LogP contribution in [-0.2, 0) is 19.2 Å². The molecule has 150 valence electrons. The second kappa shape index (κ2) is 5.36. The van der Waals surface area contributed by atoms with E-state index >= 15 is 0 Å². The number of carbonyl (C=O) groups excluding carboxylic acids is 4. The Hall–Kier alpha value is -3.02. The Labute approximate surface area is 173 Å². The minimum atomic E-state index is -0.271. The van der Waals surface area contributed by atoms with E-state index in [2.05, 4.69) is 24.3 Å². The Morgan fingerprint density at radius 2 is 0.900 bits per heavy atom. The third-order valence-electron chi connectivity index (χ3n) is 8.29. The first kappa shape index (κ1) is 16.7. The van der Waals surface area contributed by atoms with E-state index in [-0.39, 0.29) is 71.0 Å². The number of nitrogens with zero attached hydrogens (tertiary/aromatic N) is 2. The van der Waals surface area contributed by atoms with Crippen molar-refractivity contribution < 1.29 is 19.2 Å². The van der Waals surface area contributed by atoms with E-state index in [1.807, 2.05) is 0 Å². The van der Waals surface area contributed by atoms with Crippen LogP contribution in [-0.4, -0.2) is 23.6 Å². The molecule has 6 heteroatoms. The number of carbonyl (C=O) groups is 4. The quantitative estimate of drug-likeness (QED) is 0.564. The van der Waals surface area contributed by atoms with Gasteiger partial charge < -0.3 is 0 Å². The highest BCUT2D eigenvalue weighted by Crippen LogP contribution is 2.55. The molecular weight excluding hydrogens is 380 g/mol. The van der Waals surface area contributed by atoms with Crippen molar-refractivity contribution in [2.75, 3.05) is 9.80 Å². The van der Waals surface area contributed by atoms with Crippen molar-refractivity contribution in [3.63, 3.8) is 0 Å². The Morgan fingerprint density at radius 1 is 0.567 bits per heavy atom. The van der Waals surface area contributed by atoms with E-state index in [1.165, 1.54) is 9.80 Å². The molecule has 4 aliphatic carbocycles. The van der Waals surface area contributed by atoms with Crippen LogP contribution >= 0.6 is 0 Å². The average molecular weight is 400 g/mol. The van der Waals surface area contributed by atoms with Crippen LogP contribution in [0.15, 0.2) is 48.6 Å². The molecule has 1 aromatic carbocycles. The van der Waals surface area contributed by atoms with E-state index in [0.717, 1.165) is 12.8 Å². The molecule has 7 rings (SSSR count). The lowest BCUT2D eigenvalue weighted by Gasteiger charge is -2.21. The molecule has 0 radical (unpaired) electrons. The number of anilines is 2. The van der Waals surface area contributed by atoms with Gasteiger partial charge in [-0.3, -0.25) is 19.2 Å². The number of hydrogen-bond donors (Lipinski definition) is 0. The number of hydrogen-bond acceptors (Lipinski definition) is 4. The van der Waals surface area contributed by atoms with Gasteiger partial charge in [-0.1, -0.05) is 30.4 Å². The summed E-state index contributed by atoms with van der Waals surface area (Å²) in [6, 6.07) is 6.80. The van der Waals surface area contributed by atoms with Crippen LogP contribution in [0.1, 0.15) is 12.8 Å². The third-order valence-corrected chi connectivity index (χ3v) is 8.29. The molecule has 0 spiro atoms. The predicted molar refractivity (Wildman–Crippen MR) is 107 cm³/mol. The zero-order chi connectivity index (χ0) is 20.3. The van der Waals surface area contributed by atoms with E-state index in [4.69, 9.17) is 0 Å². The molecule has 0 aromatic heterocycles. The van der Waals surface area contributed by atoms with Crippen LogP contribution in [0.5, 0.6) is 0 Å². The lowest BCUT2D eigenvalue weighted by atomic mass is 9.85. The highest BCUT2D eigenvalue weighted by atomic mass is 16.2. The van der Waals surface area contributed by atoms with Gasteiger partial charge in [-0.15, -0.1) is 0 Å². The Morgan fingerprint density at radius 3 is 1.23 bits per heavy atom. The number of amides is 4. The van der Waals surface area contributed by atoms with E-state index < -0.39 is 0 Å². The van der Waals surface area contributed by atoms with Gasteiger partial charge in [-0.05, 0) is 54.7 Å². The molecule has 0 N–H and O–H groups in total. The van der Waals surface area contributed by atoms with Gasteiger partial charge in [0.1, 0.15) is 0 Å². The molecule has 2 saturated heterocycles. The topological polar surface area (TPSA) is 74.8 Å². The fourth-order valence-corrected chi connectivity index (χ4v) is 7.08. The molecular formula is C24H20N2O4. The summed E-state index contributed by atoms with van der Waals surface area (Å²) in [6.45, 7) is 0. The minimum absolute atomic E-state index is 0.147. The number of fused-ring (bicyclic) bond motifs is 10. The van der Waals surface area contributed by atoms with Gasteiger partial charge in [0.2, 0.25) is 23.6 Å². The standard InChI is InChI=1S/C24H20N2O4/c27-21-17-11-4-5-12(8-11)18(17)22(28)25(21)15-2-1-3-16(10-15)26-23(29)19-13-6-7-14(9-13)20(19)24(26)30/h1-7,10-14,17-20H,8-9H2/t11-,12+,13-,14+,17-,18+,19-,20+. The average Bonchev–Trinajstić information content (AvgIpc) is 3.55. The van der Waals surface area contributed by atoms with Crippen molar-refractivity contribution in [3.05, 3.63) is 48.6 Å². The number of benzene rings is 1. The third kappa shape index (κ3) is 1.81. The molecule has 8 atom stereocenters. The summed E-state index contributed by atoms with van der Waals surface area (Å²) in [7, 11) is 0. The fraction of sp³-hybridized carbons (Fsp3) is 0.417. The molecule has 30 heavy (non-hydrogen) atoms. The van der Waals surface area contributed by atoms with Gasteiger partial charge >= 0.3 is 0 Å². The van der Waals surface area contributed by atoms with Crippen molar-refractivity contribution in [3.8, 4) is 0 Å². The van der Waals surface area contributed by atoms with Crippen LogP contribution in [0.25, 0.3) is 0 Å². The van der Waals surface area contributed by atoms with Crippen molar-refractivity contribution in [1.29, 1.82) is 0 Å². The number of imide groups is 2. The number of allylic oxidation sites excluding steroid dienone is 4. The molecule has 4 amide bonds. The van der Waals surface area contributed by atoms with Crippen molar-refractivity contribution in [1.82, 2.24) is 0 Å². The first-order chi connectivity index (χ1) is 14.5. The summed E-state index contributed by atoms with van der Waals surface area (Å²) in [5, 5.41) is 0. The van der Waals surface area contributed by atoms with Gasteiger partial charge in [-0.2, -0.15) is 0 Å². The molecule has 2 saturated carbocycles. The van der Waals surface area contributed by atoms with Gasteiger partial charge in [0, 0.05) is 0 Å². The van der Waals surface area contributed by atoms with Crippen LogP contribution in [0.4, 0.5) is 11.4 Å². The fourth-order valence-electron chi connectivity index (χ4n) is 7.08. The molecule has 0 unspecified atom stereocenters. The Bertz CT molecular complexity index is 977. The van der Waals surface area contributed by atoms with Gasteiger partial charge in [0.05, 0.1) is 35.0 Å². The SMILES string of the molecule is O=C1[C@@H]2[C@H](C(=O)N1c1cccc(N3C(=O)[C@@H]4[C@H](C3=O)[C@@H]3C=C[C@H]4C3)c1)[C@@H]1C=C[C@H]2C1. The van der Waals surface area contributed by atoms with E-state index in [9.17, 15) is 19.2 Å². The van der Waals surface area contributed by atoms with Crippen LogP contribution in [0.2, 0.25) is 0 Å². The second-order valence-corrected chi connectivity index (χ2v) is 9.54. The van der Waals surface area contributed by atoms with E-state index in [0.29, 0.717) is 11.4 Å². The second-order valence-electron chi connectivity index (χ2n) is 9.54. The lowest BCUT2D eigenvalue weighted by molar-refractivity contribution is -0.124. The summed E-state index contributed by atoms with van der Waals surface area (Å²) in [4.78, 5) is 55.0. The molecule has 2 heterocycles. The molecule has 2 aliphatic heterocycles. The monoisotopic (exact) mass is 400 g/mol. The highest BCUT2D eigenvalue weighted by Gasteiger charge is 2.61. The maximum absolute atomic E-state index is 13.1. The van der Waals surface area contributed by atoms with Crippen LogP contribution in [0.3, 0.4) is 0 Å². The van der Waals surface area contributed by atoms with Gasteiger partial charge in [0.15, 0.2) is 0 Å². The largest absolute Gasteiger partial charge is 0.274 e. The van der Waals surface area contributed by atoms with Crippen LogP contribution in [0, 0.1) is 47.3 Å². The van der Waals surface area contributed by atoms with Crippen molar-refractivity contribution >= 4 is 35.0 Å². The predicted octanol–water partition coefficient (Wildman–Crippen LogP) is 2.31. The summed E-state index contributed by atoms with van der Waals surface area (Å²) in [5.74, 6) is -1.12. The minimum Gasteiger partial charge on any atom is -0.274 e. The highest BCUT2D eigenvalue weighted by molar-refractivity contribution is 6.25. The zero-order valence-corrected chi connectivity index (χ0v) is 16.2. The van der Waals surface area contributed by atoms with Crippen molar-refractivity contribution in [2.45, 2.75) is 12.8 Å². The maximum Gasteiger partial charge on any atom is 0.238 e. The van der Waals surface area contributed by atoms with Gasteiger partial charge in [-0.25, -0.2) is 9.80 Å². The Kier molecular flexibility index (Phi) is 2.99.